The number of anilines is 3. The molecular formula is C62H40N2. The molecule has 2 nitrogen and oxygen atoms in total. The summed E-state index contributed by atoms with van der Waals surface area (Å²) in [5, 5.41) is 8.87. The van der Waals surface area contributed by atoms with Crippen LogP contribution in [-0.4, -0.2) is 4.57 Å². The molecule has 298 valence electrons. The highest BCUT2D eigenvalue weighted by Crippen LogP contribution is 2.51. The van der Waals surface area contributed by atoms with E-state index in [1.165, 1.54) is 93.4 Å². The summed E-state index contributed by atoms with van der Waals surface area (Å²) in [6.45, 7) is 0. The van der Waals surface area contributed by atoms with Crippen LogP contribution >= 0.6 is 0 Å². The summed E-state index contributed by atoms with van der Waals surface area (Å²) in [6.07, 6.45) is 0. The van der Waals surface area contributed by atoms with E-state index >= 15 is 0 Å². The van der Waals surface area contributed by atoms with Gasteiger partial charge < -0.3 is 9.47 Å². The topological polar surface area (TPSA) is 8.17 Å². The van der Waals surface area contributed by atoms with E-state index in [1.54, 1.807) is 0 Å². The third-order valence-corrected chi connectivity index (χ3v) is 13.3. The van der Waals surface area contributed by atoms with Gasteiger partial charge in [-0.3, -0.25) is 0 Å². The number of aromatic nitrogens is 1. The Hall–Kier alpha value is -8.46. The first-order valence-electron chi connectivity index (χ1n) is 22.1. The van der Waals surface area contributed by atoms with Crippen LogP contribution in [0.25, 0.3) is 105 Å². The highest BCUT2D eigenvalue weighted by atomic mass is 15.1. The molecular weight excluding hydrogens is 773 g/mol. The normalized spacial score (nSPS) is 11.8. The Bertz CT molecular complexity index is 3670. The van der Waals surface area contributed by atoms with E-state index in [4.69, 9.17) is 0 Å². The summed E-state index contributed by atoms with van der Waals surface area (Å²) in [6, 6.07) is 89.0. The fourth-order valence-electron chi connectivity index (χ4n) is 10.4. The minimum absolute atomic E-state index is 1.09. The summed E-state index contributed by atoms with van der Waals surface area (Å²) in [4.78, 5) is 2.43. The number of nitrogens with zero attached hydrogens (tertiary/aromatic N) is 2. The summed E-state index contributed by atoms with van der Waals surface area (Å²) < 4.78 is 2.43. The quantitative estimate of drug-likeness (QED) is 0.146. The zero-order valence-corrected chi connectivity index (χ0v) is 35.0. The number of hydrogen-bond donors (Lipinski definition) is 0. The average molecular weight is 813 g/mol. The molecule has 1 heterocycles. The van der Waals surface area contributed by atoms with Gasteiger partial charge in [-0.2, -0.15) is 0 Å². The van der Waals surface area contributed by atoms with Crippen LogP contribution < -0.4 is 4.90 Å². The molecule has 64 heavy (non-hydrogen) atoms. The Balaban J connectivity index is 0.976. The van der Waals surface area contributed by atoms with Crippen LogP contribution in [0.1, 0.15) is 0 Å². The maximum absolute atomic E-state index is 2.43. The van der Waals surface area contributed by atoms with E-state index in [-0.39, 0.29) is 0 Å². The lowest BCUT2D eigenvalue weighted by molar-refractivity contribution is 1.13. The van der Waals surface area contributed by atoms with Crippen LogP contribution in [0.4, 0.5) is 17.1 Å². The molecule has 11 aromatic carbocycles. The van der Waals surface area contributed by atoms with Gasteiger partial charge in [0.15, 0.2) is 0 Å². The number of rotatable bonds is 7. The second kappa shape index (κ2) is 14.6. The van der Waals surface area contributed by atoms with Crippen LogP contribution in [0.3, 0.4) is 0 Å². The highest BCUT2D eigenvalue weighted by molar-refractivity contribution is 6.17. The van der Waals surface area contributed by atoms with Gasteiger partial charge in [0.05, 0.1) is 11.2 Å². The molecule has 1 aliphatic carbocycles. The molecule has 2 heteroatoms. The summed E-state index contributed by atoms with van der Waals surface area (Å²) >= 11 is 0. The Morgan fingerprint density at radius 3 is 1.66 bits per heavy atom. The molecule has 13 rings (SSSR count). The van der Waals surface area contributed by atoms with E-state index in [2.05, 4.69) is 252 Å². The Morgan fingerprint density at radius 1 is 0.297 bits per heavy atom. The first-order valence-corrected chi connectivity index (χ1v) is 22.1. The molecule has 0 bridgehead atoms. The Kier molecular flexibility index (Phi) is 8.25. The van der Waals surface area contributed by atoms with Crippen molar-refractivity contribution in [1.82, 2.24) is 4.57 Å². The van der Waals surface area contributed by atoms with E-state index in [0.717, 1.165) is 28.3 Å². The number of benzene rings is 11. The zero-order chi connectivity index (χ0) is 42.1. The van der Waals surface area contributed by atoms with Crippen molar-refractivity contribution in [2.45, 2.75) is 0 Å². The van der Waals surface area contributed by atoms with Gasteiger partial charge in [-0.25, -0.2) is 0 Å². The van der Waals surface area contributed by atoms with Crippen molar-refractivity contribution in [2.75, 3.05) is 4.90 Å². The molecule has 0 saturated carbocycles. The van der Waals surface area contributed by atoms with Crippen LogP contribution in [-0.2, 0) is 0 Å². The fourth-order valence-corrected chi connectivity index (χ4v) is 10.4. The average Bonchev–Trinajstić information content (AvgIpc) is 3.89. The largest absolute Gasteiger partial charge is 0.310 e. The van der Waals surface area contributed by atoms with Crippen molar-refractivity contribution in [3.8, 4) is 61.5 Å². The molecule has 0 spiro atoms. The SMILES string of the molecule is c1ccc(-c2c(-c3ccc(N(c4ccc(-c5ccc6c(ccc7ccccc76)c5)cc4)c4cc5c6c(cccc6c4)-c4ccccc4-5)cc3)n(-c3ccccc3)c3ccccc23)cc1. The number of hydrogen-bond acceptors (Lipinski definition) is 1. The predicted octanol–water partition coefficient (Wildman–Crippen LogP) is 17.2. The monoisotopic (exact) mass is 812 g/mol. The molecule has 1 aromatic heterocycles. The van der Waals surface area contributed by atoms with E-state index in [9.17, 15) is 0 Å². The van der Waals surface area contributed by atoms with Gasteiger partial charge in [0, 0.05) is 33.7 Å². The van der Waals surface area contributed by atoms with Crippen LogP contribution in [0.15, 0.2) is 243 Å². The molecule has 0 radical (unpaired) electrons. The summed E-state index contributed by atoms with van der Waals surface area (Å²) in [7, 11) is 0. The van der Waals surface area contributed by atoms with Crippen molar-refractivity contribution in [3.05, 3.63) is 243 Å². The lowest BCUT2D eigenvalue weighted by Crippen LogP contribution is -2.10. The van der Waals surface area contributed by atoms with Crippen LogP contribution in [0, 0.1) is 0 Å². The molecule has 0 unspecified atom stereocenters. The van der Waals surface area contributed by atoms with Crippen molar-refractivity contribution in [1.29, 1.82) is 0 Å². The smallest absolute Gasteiger partial charge is 0.0619 e. The third kappa shape index (κ3) is 5.73. The van der Waals surface area contributed by atoms with Crippen molar-refractivity contribution < 1.29 is 0 Å². The number of fused-ring (bicyclic) bond motifs is 7. The summed E-state index contributed by atoms with van der Waals surface area (Å²) in [5.41, 5.74) is 17.9. The third-order valence-electron chi connectivity index (χ3n) is 13.3. The standard InChI is InChI=1S/C62H40N2/c1-3-15-43(16-4-1)61-57-23-11-12-25-59(57)64(48-18-5-2-6-19-48)62(61)44-30-35-50(36-31-44)63(51-39-47-17-13-24-56-54-21-9-10-22-55(54)58(40-51)60(47)56)49-33-28-41(29-34-49)45-32-37-53-46(38-45)27-26-42-14-7-8-20-52(42)53/h1-40H. The number of para-hydroxylation sites is 2. The first kappa shape index (κ1) is 36.2. The molecule has 0 amide bonds. The van der Waals surface area contributed by atoms with Gasteiger partial charge in [0.1, 0.15) is 0 Å². The molecule has 1 aliphatic rings. The molecule has 0 N–H and O–H groups in total. The summed E-state index contributed by atoms with van der Waals surface area (Å²) in [5.74, 6) is 0. The van der Waals surface area contributed by atoms with E-state index in [0.29, 0.717) is 0 Å². The van der Waals surface area contributed by atoms with E-state index < -0.39 is 0 Å². The van der Waals surface area contributed by atoms with Crippen molar-refractivity contribution in [2.24, 2.45) is 0 Å². The fraction of sp³-hybridized carbons (Fsp3) is 0. The Labute approximate surface area is 372 Å². The van der Waals surface area contributed by atoms with Gasteiger partial charge in [-0.1, -0.05) is 182 Å². The van der Waals surface area contributed by atoms with Gasteiger partial charge in [-0.05, 0) is 137 Å². The molecule has 12 aromatic rings. The molecule has 0 aliphatic heterocycles. The van der Waals surface area contributed by atoms with E-state index in [1.807, 2.05) is 0 Å². The second-order valence-electron chi connectivity index (χ2n) is 16.9. The second-order valence-corrected chi connectivity index (χ2v) is 16.9. The lowest BCUT2D eigenvalue weighted by atomic mass is 9.97. The first-order chi connectivity index (χ1) is 31.7. The minimum atomic E-state index is 1.09. The van der Waals surface area contributed by atoms with Crippen molar-refractivity contribution >= 4 is 60.3 Å². The maximum Gasteiger partial charge on any atom is 0.0619 e. The Morgan fingerprint density at radius 2 is 0.875 bits per heavy atom. The highest BCUT2D eigenvalue weighted by Gasteiger charge is 2.25. The molecule has 0 saturated heterocycles. The van der Waals surface area contributed by atoms with Crippen LogP contribution in [0.5, 0.6) is 0 Å². The minimum Gasteiger partial charge on any atom is -0.310 e. The van der Waals surface area contributed by atoms with Gasteiger partial charge in [0.25, 0.3) is 0 Å². The maximum atomic E-state index is 2.43. The van der Waals surface area contributed by atoms with Gasteiger partial charge in [-0.15, -0.1) is 0 Å². The van der Waals surface area contributed by atoms with Gasteiger partial charge >= 0.3 is 0 Å². The lowest BCUT2D eigenvalue weighted by Gasteiger charge is -2.27. The molecule has 0 atom stereocenters. The zero-order valence-electron chi connectivity index (χ0n) is 35.0. The van der Waals surface area contributed by atoms with Crippen LogP contribution in [0.2, 0.25) is 0 Å². The predicted molar refractivity (Wildman–Crippen MR) is 271 cm³/mol. The molecule has 0 fully saturated rings. The van der Waals surface area contributed by atoms with Gasteiger partial charge in [0.2, 0.25) is 0 Å². The van der Waals surface area contributed by atoms with Crippen molar-refractivity contribution in [3.63, 3.8) is 0 Å².